The average Bonchev–Trinajstić information content (AvgIpc) is 2.32. The Kier molecular flexibility index (Phi) is 2.55. The molecule has 15 heavy (non-hydrogen) atoms. The molecule has 1 aromatic rings. The quantitative estimate of drug-likeness (QED) is 0.788. The van der Waals surface area contributed by atoms with Gasteiger partial charge < -0.3 is 5.32 Å². The van der Waals surface area contributed by atoms with Crippen molar-refractivity contribution in [3.05, 3.63) is 60.3 Å². The first-order chi connectivity index (χ1) is 7.37. The van der Waals surface area contributed by atoms with Crippen LogP contribution in [-0.2, 0) is 5.54 Å². The molecule has 2 heteroatoms. The second-order valence-electron chi connectivity index (χ2n) is 3.53. The molecule has 1 unspecified atom stereocenters. The van der Waals surface area contributed by atoms with Crippen LogP contribution in [0, 0.1) is 11.3 Å². The Balaban J connectivity index is 2.40. The molecule has 0 aliphatic carbocycles. The summed E-state index contributed by atoms with van der Waals surface area (Å²) in [5, 5.41) is 12.2. The van der Waals surface area contributed by atoms with Gasteiger partial charge in [-0.2, -0.15) is 5.26 Å². The number of hydrogen-bond acceptors (Lipinski definition) is 2. The predicted octanol–water partition coefficient (Wildman–Crippen LogP) is 2.47. The molecule has 1 N–H and O–H groups in total. The number of dihydropyridines is 1. The fourth-order valence-electron chi connectivity index (χ4n) is 1.77. The summed E-state index contributed by atoms with van der Waals surface area (Å²) in [7, 11) is 0. The SMILES string of the molecule is N#CCC1(c2ccccc2)C=CC=CN1. The Morgan fingerprint density at radius 2 is 2.00 bits per heavy atom. The van der Waals surface area contributed by atoms with Crippen LogP contribution in [0.2, 0.25) is 0 Å². The maximum absolute atomic E-state index is 8.90. The summed E-state index contributed by atoms with van der Waals surface area (Å²) in [6.45, 7) is 0. The zero-order valence-corrected chi connectivity index (χ0v) is 8.35. The Hall–Kier alpha value is -2.01. The fourth-order valence-corrected chi connectivity index (χ4v) is 1.77. The number of rotatable bonds is 2. The molecule has 0 fully saturated rings. The van der Waals surface area contributed by atoms with E-state index in [9.17, 15) is 0 Å². The van der Waals surface area contributed by atoms with Crippen molar-refractivity contribution < 1.29 is 0 Å². The summed E-state index contributed by atoms with van der Waals surface area (Å²) in [6.07, 6.45) is 8.24. The molecular formula is C13H12N2. The minimum atomic E-state index is -0.356. The van der Waals surface area contributed by atoms with E-state index in [0.717, 1.165) is 5.56 Å². The second kappa shape index (κ2) is 4.02. The molecule has 74 valence electrons. The molecule has 0 spiro atoms. The topological polar surface area (TPSA) is 35.8 Å². The lowest BCUT2D eigenvalue weighted by Gasteiger charge is -2.31. The van der Waals surface area contributed by atoms with Crippen LogP contribution in [0.3, 0.4) is 0 Å². The van der Waals surface area contributed by atoms with Crippen LogP contribution in [0.4, 0.5) is 0 Å². The average molecular weight is 196 g/mol. The highest BCUT2D eigenvalue weighted by Crippen LogP contribution is 2.28. The molecule has 0 radical (unpaired) electrons. The lowest BCUT2D eigenvalue weighted by Crippen LogP contribution is -2.38. The Labute approximate surface area is 89.5 Å². The van der Waals surface area contributed by atoms with Gasteiger partial charge in [-0.05, 0) is 17.8 Å². The highest BCUT2D eigenvalue weighted by Gasteiger charge is 2.28. The van der Waals surface area contributed by atoms with E-state index >= 15 is 0 Å². The van der Waals surface area contributed by atoms with Crippen molar-refractivity contribution in [2.75, 3.05) is 0 Å². The molecule has 0 saturated carbocycles. The molecule has 2 nitrogen and oxygen atoms in total. The minimum absolute atomic E-state index is 0.356. The largest absolute Gasteiger partial charge is 0.377 e. The van der Waals surface area contributed by atoms with E-state index in [1.54, 1.807) is 0 Å². The molecule has 1 heterocycles. The maximum Gasteiger partial charge on any atom is 0.0939 e. The first-order valence-corrected chi connectivity index (χ1v) is 4.92. The molecule has 0 aromatic heterocycles. The van der Waals surface area contributed by atoms with Crippen molar-refractivity contribution in [2.24, 2.45) is 0 Å². The first kappa shape index (κ1) is 9.54. The summed E-state index contributed by atoms with van der Waals surface area (Å²) in [5.41, 5.74) is 0.761. The third kappa shape index (κ3) is 1.77. The van der Waals surface area contributed by atoms with E-state index in [-0.39, 0.29) is 5.54 Å². The maximum atomic E-state index is 8.90. The van der Waals surface area contributed by atoms with Crippen molar-refractivity contribution in [3.63, 3.8) is 0 Å². The van der Waals surface area contributed by atoms with Gasteiger partial charge in [-0.15, -0.1) is 0 Å². The summed E-state index contributed by atoms with van der Waals surface area (Å²) in [5.74, 6) is 0. The summed E-state index contributed by atoms with van der Waals surface area (Å²) in [6, 6.07) is 12.3. The van der Waals surface area contributed by atoms with Crippen LogP contribution in [0.25, 0.3) is 0 Å². The fraction of sp³-hybridized carbons (Fsp3) is 0.154. The summed E-state index contributed by atoms with van der Waals surface area (Å²) in [4.78, 5) is 0. The third-order valence-electron chi connectivity index (χ3n) is 2.58. The molecule has 1 atom stereocenters. The van der Waals surface area contributed by atoms with E-state index in [1.807, 2.05) is 54.8 Å². The van der Waals surface area contributed by atoms with Gasteiger partial charge in [-0.25, -0.2) is 0 Å². The third-order valence-corrected chi connectivity index (χ3v) is 2.58. The highest BCUT2D eigenvalue weighted by atomic mass is 15.0. The molecule has 0 amide bonds. The van der Waals surface area contributed by atoms with Crippen molar-refractivity contribution in [1.29, 1.82) is 5.26 Å². The smallest absolute Gasteiger partial charge is 0.0939 e. The Morgan fingerprint density at radius 1 is 1.20 bits per heavy atom. The number of hydrogen-bond donors (Lipinski definition) is 1. The molecule has 1 aliphatic heterocycles. The van der Waals surface area contributed by atoms with Crippen molar-refractivity contribution in [1.82, 2.24) is 5.32 Å². The van der Waals surface area contributed by atoms with E-state index < -0.39 is 0 Å². The molecule has 2 rings (SSSR count). The lowest BCUT2D eigenvalue weighted by molar-refractivity contribution is 0.483. The first-order valence-electron chi connectivity index (χ1n) is 4.92. The Morgan fingerprint density at radius 3 is 2.60 bits per heavy atom. The molecule has 1 aliphatic rings. The van der Waals surface area contributed by atoms with Crippen LogP contribution in [0.15, 0.2) is 54.8 Å². The normalized spacial score (nSPS) is 23.1. The number of nitriles is 1. The van der Waals surface area contributed by atoms with Gasteiger partial charge >= 0.3 is 0 Å². The second-order valence-corrected chi connectivity index (χ2v) is 3.53. The van der Waals surface area contributed by atoms with Gasteiger partial charge in [0.05, 0.1) is 18.0 Å². The number of nitrogens with zero attached hydrogens (tertiary/aromatic N) is 1. The van der Waals surface area contributed by atoms with Gasteiger partial charge in [-0.1, -0.05) is 42.5 Å². The van der Waals surface area contributed by atoms with Crippen LogP contribution in [0.5, 0.6) is 0 Å². The standard InChI is InChI=1S/C13H12N2/c14-10-9-13(8-4-5-11-15-13)12-6-2-1-3-7-12/h1-8,11,15H,9H2. The van der Waals surface area contributed by atoms with Crippen LogP contribution < -0.4 is 5.32 Å². The lowest BCUT2D eigenvalue weighted by atomic mass is 9.85. The van der Waals surface area contributed by atoms with Gasteiger partial charge in [0.15, 0.2) is 0 Å². The predicted molar refractivity (Wildman–Crippen MR) is 59.8 cm³/mol. The number of allylic oxidation sites excluding steroid dienone is 2. The summed E-state index contributed by atoms with van der Waals surface area (Å²) >= 11 is 0. The van der Waals surface area contributed by atoms with Crippen LogP contribution >= 0.6 is 0 Å². The van der Waals surface area contributed by atoms with E-state index in [0.29, 0.717) is 6.42 Å². The number of benzene rings is 1. The van der Waals surface area contributed by atoms with Gasteiger partial charge in [0.25, 0.3) is 0 Å². The number of nitrogens with one attached hydrogen (secondary N) is 1. The zero-order valence-electron chi connectivity index (χ0n) is 8.35. The van der Waals surface area contributed by atoms with Crippen LogP contribution in [-0.4, -0.2) is 0 Å². The van der Waals surface area contributed by atoms with Gasteiger partial charge in [0.1, 0.15) is 0 Å². The Bertz CT molecular complexity index is 426. The van der Waals surface area contributed by atoms with E-state index in [2.05, 4.69) is 11.4 Å². The van der Waals surface area contributed by atoms with Gasteiger partial charge in [-0.3, -0.25) is 0 Å². The molecule has 1 aromatic carbocycles. The highest BCUT2D eigenvalue weighted by molar-refractivity contribution is 5.35. The van der Waals surface area contributed by atoms with E-state index in [4.69, 9.17) is 5.26 Å². The molecule has 0 saturated heterocycles. The summed E-state index contributed by atoms with van der Waals surface area (Å²) < 4.78 is 0. The van der Waals surface area contributed by atoms with Gasteiger partial charge in [0, 0.05) is 0 Å². The van der Waals surface area contributed by atoms with Crippen molar-refractivity contribution in [2.45, 2.75) is 12.0 Å². The van der Waals surface area contributed by atoms with Crippen molar-refractivity contribution >= 4 is 0 Å². The molecule has 0 bridgehead atoms. The monoisotopic (exact) mass is 196 g/mol. The van der Waals surface area contributed by atoms with Gasteiger partial charge in [0.2, 0.25) is 0 Å². The van der Waals surface area contributed by atoms with Crippen LogP contribution in [0.1, 0.15) is 12.0 Å². The molecular weight excluding hydrogens is 184 g/mol. The minimum Gasteiger partial charge on any atom is -0.377 e. The van der Waals surface area contributed by atoms with E-state index in [1.165, 1.54) is 0 Å². The zero-order chi connectivity index (χ0) is 10.6. The van der Waals surface area contributed by atoms with Crippen molar-refractivity contribution in [3.8, 4) is 6.07 Å².